The van der Waals surface area contributed by atoms with Crippen LogP contribution in [0.2, 0.25) is 0 Å². The third-order valence-corrected chi connectivity index (χ3v) is 11.7. The van der Waals surface area contributed by atoms with E-state index in [2.05, 4.69) is 39.0 Å². The van der Waals surface area contributed by atoms with Gasteiger partial charge in [-0.05, 0) is 116 Å². The smallest absolute Gasteiger partial charge is 0.0769 e. The fraction of sp³-hybridized carbons (Fsp3) is 0.906. The minimum atomic E-state index is -0.283. The number of aliphatic hydroxyl groups excluding tert-OH is 1. The van der Waals surface area contributed by atoms with Crippen molar-refractivity contribution in [1.29, 1.82) is 0 Å². The van der Waals surface area contributed by atoms with Gasteiger partial charge in [-0.3, -0.25) is 4.68 Å². The van der Waals surface area contributed by atoms with E-state index in [1.807, 2.05) is 31.8 Å². The summed E-state index contributed by atoms with van der Waals surface area (Å²) in [5.74, 6) is 5.22. The molecule has 4 fully saturated rings. The van der Waals surface area contributed by atoms with Gasteiger partial charge in [0.25, 0.3) is 0 Å². The summed E-state index contributed by atoms with van der Waals surface area (Å²) in [7, 11) is 1.88. The molecule has 9 unspecified atom stereocenters. The number of hydrogen-bond acceptors (Lipinski definition) is 3. The molecule has 0 aromatic carbocycles. The Morgan fingerprint density at radius 3 is 2.42 bits per heavy atom. The summed E-state index contributed by atoms with van der Waals surface area (Å²) in [6.07, 6.45) is 17.5. The molecule has 206 valence electrons. The SMILES string of the molecule is CC.CCC12CCC3C(CCC4(C)C(C(O)Cn5cc(C(C)C)cn5)CCC34)C1CCC(COC)C2. The molecule has 1 N–H and O–H groups in total. The van der Waals surface area contributed by atoms with Gasteiger partial charge in [0.1, 0.15) is 0 Å². The quantitative estimate of drug-likeness (QED) is 0.417. The van der Waals surface area contributed by atoms with Crippen LogP contribution in [0.1, 0.15) is 117 Å². The van der Waals surface area contributed by atoms with Crippen LogP contribution in [0.5, 0.6) is 0 Å². The molecule has 36 heavy (non-hydrogen) atoms. The standard InChI is InChI=1S/C30H50N2O2.C2H6/c1-6-30-14-12-23-24(26(30)8-7-21(15-30)19-34-5)11-13-29(4)25(23)9-10-27(29)28(33)18-32-17-22(16-31-32)20(2)3;1-2/h16-17,20-21,23-28,33H,6-15,18-19H2,1-5H3;1-2H3. The molecule has 0 spiro atoms. The first kappa shape index (κ1) is 28.1. The third kappa shape index (κ3) is 4.95. The molecule has 5 rings (SSSR count). The molecule has 0 aliphatic heterocycles. The summed E-state index contributed by atoms with van der Waals surface area (Å²) in [5.41, 5.74) is 2.14. The number of rotatable bonds is 7. The number of aromatic nitrogens is 2. The summed E-state index contributed by atoms with van der Waals surface area (Å²) in [6.45, 7) is 15.0. The Kier molecular flexibility index (Phi) is 8.97. The summed E-state index contributed by atoms with van der Waals surface area (Å²) < 4.78 is 7.58. The first-order chi connectivity index (χ1) is 17.3. The van der Waals surface area contributed by atoms with Crippen LogP contribution in [-0.2, 0) is 11.3 Å². The lowest BCUT2D eigenvalue weighted by atomic mass is 9.44. The molecule has 1 heterocycles. The van der Waals surface area contributed by atoms with E-state index < -0.39 is 0 Å². The van der Waals surface area contributed by atoms with Crippen LogP contribution in [0.15, 0.2) is 12.4 Å². The normalized spacial score (nSPS) is 40.6. The van der Waals surface area contributed by atoms with Gasteiger partial charge < -0.3 is 9.84 Å². The first-order valence-electron chi connectivity index (χ1n) is 15.5. The highest BCUT2D eigenvalue weighted by Crippen LogP contribution is 2.67. The Labute approximate surface area is 222 Å². The average Bonchev–Trinajstić information content (AvgIpc) is 3.49. The lowest BCUT2D eigenvalue weighted by Gasteiger charge is -2.61. The molecular formula is C32H56N2O2. The topological polar surface area (TPSA) is 47.3 Å². The van der Waals surface area contributed by atoms with Gasteiger partial charge in [-0.25, -0.2) is 0 Å². The molecule has 4 heteroatoms. The van der Waals surface area contributed by atoms with Gasteiger partial charge in [-0.2, -0.15) is 5.10 Å². The molecule has 4 nitrogen and oxygen atoms in total. The molecule has 0 radical (unpaired) electrons. The van der Waals surface area contributed by atoms with Crippen LogP contribution in [0.4, 0.5) is 0 Å². The minimum Gasteiger partial charge on any atom is -0.391 e. The molecule has 1 aromatic rings. The fourth-order valence-electron chi connectivity index (χ4n) is 9.92. The zero-order chi connectivity index (χ0) is 26.1. The Morgan fingerprint density at radius 2 is 1.75 bits per heavy atom. The molecule has 4 aliphatic carbocycles. The van der Waals surface area contributed by atoms with Crippen molar-refractivity contribution in [1.82, 2.24) is 9.78 Å². The van der Waals surface area contributed by atoms with E-state index in [9.17, 15) is 5.11 Å². The summed E-state index contributed by atoms with van der Waals surface area (Å²) in [4.78, 5) is 0. The van der Waals surface area contributed by atoms with Gasteiger partial charge in [-0.15, -0.1) is 0 Å². The molecular weight excluding hydrogens is 444 g/mol. The van der Waals surface area contributed by atoms with Crippen molar-refractivity contribution in [3.63, 3.8) is 0 Å². The highest BCUT2D eigenvalue weighted by molar-refractivity contribution is 5.11. The zero-order valence-electron chi connectivity index (χ0n) is 24.5. The van der Waals surface area contributed by atoms with E-state index in [1.165, 1.54) is 69.8 Å². The van der Waals surface area contributed by atoms with E-state index >= 15 is 0 Å². The van der Waals surface area contributed by atoms with Crippen molar-refractivity contribution in [2.45, 2.75) is 124 Å². The molecule has 1 aromatic heterocycles. The van der Waals surface area contributed by atoms with Crippen LogP contribution in [-0.4, -0.2) is 34.7 Å². The molecule has 4 saturated carbocycles. The first-order valence-corrected chi connectivity index (χ1v) is 15.5. The lowest BCUT2D eigenvalue weighted by Crippen LogP contribution is -2.53. The molecule has 9 atom stereocenters. The van der Waals surface area contributed by atoms with Crippen molar-refractivity contribution in [3.05, 3.63) is 18.0 Å². The minimum absolute atomic E-state index is 0.283. The highest BCUT2D eigenvalue weighted by atomic mass is 16.5. The zero-order valence-corrected chi connectivity index (χ0v) is 24.5. The third-order valence-electron chi connectivity index (χ3n) is 11.7. The van der Waals surface area contributed by atoms with Crippen LogP contribution in [0, 0.1) is 46.3 Å². The van der Waals surface area contributed by atoms with Crippen molar-refractivity contribution >= 4 is 0 Å². The fourth-order valence-corrected chi connectivity index (χ4v) is 9.92. The van der Waals surface area contributed by atoms with Crippen molar-refractivity contribution < 1.29 is 9.84 Å². The molecule has 0 saturated heterocycles. The number of hydrogen-bond donors (Lipinski definition) is 1. The number of aliphatic hydroxyl groups is 1. The second-order valence-corrected chi connectivity index (χ2v) is 13.3. The second-order valence-electron chi connectivity index (χ2n) is 13.3. The number of methoxy groups -OCH3 is 1. The highest BCUT2D eigenvalue weighted by Gasteiger charge is 2.60. The average molecular weight is 501 g/mol. The second kappa shape index (κ2) is 11.5. The summed E-state index contributed by atoms with van der Waals surface area (Å²) in [5, 5.41) is 16.0. The van der Waals surface area contributed by atoms with E-state index in [-0.39, 0.29) is 6.10 Å². The van der Waals surface area contributed by atoms with Gasteiger partial charge in [0, 0.05) is 19.9 Å². The van der Waals surface area contributed by atoms with E-state index in [1.54, 1.807) is 0 Å². The van der Waals surface area contributed by atoms with Crippen LogP contribution >= 0.6 is 0 Å². The van der Waals surface area contributed by atoms with Crippen LogP contribution in [0.25, 0.3) is 0 Å². The number of nitrogens with zero attached hydrogens (tertiary/aromatic N) is 2. The maximum Gasteiger partial charge on any atom is 0.0769 e. The van der Waals surface area contributed by atoms with Crippen molar-refractivity contribution in [2.75, 3.05) is 13.7 Å². The van der Waals surface area contributed by atoms with Gasteiger partial charge in [-0.1, -0.05) is 48.0 Å². The van der Waals surface area contributed by atoms with Gasteiger partial charge in [0.15, 0.2) is 0 Å². The van der Waals surface area contributed by atoms with Gasteiger partial charge in [0.2, 0.25) is 0 Å². The number of fused-ring (bicyclic) bond motifs is 5. The molecule has 0 amide bonds. The van der Waals surface area contributed by atoms with E-state index in [0.29, 0.717) is 29.2 Å². The lowest BCUT2D eigenvalue weighted by molar-refractivity contribution is -0.124. The van der Waals surface area contributed by atoms with Gasteiger partial charge in [0.05, 0.1) is 18.8 Å². The monoisotopic (exact) mass is 500 g/mol. The molecule has 0 bridgehead atoms. The molecule has 4 aliphatic rings. The van der Waals surface area contributed by atoms with Crippen molar-refractivity contribution in [3.8, 4) is 0 Å². The Bertz CT molecular complexity index is 836. The van der Waals surface area contributed by atoms with Crippen LogP contribution in [0.3, 0.4) is 0 Å². The van der Waals surface area contributed by atoms with Crippen molar-refractivity contribution in [2.24, 2.45) is 46.3 Å². The van der Waals surface area contributed by atoms with E-state index in [4.69, 9.17) is 4.74 Å². The Hall–Kier alpha value is -0.870. The van der Waals surface area contributed by atoms with Crippen LogP contribution < -0.4 is 0 Å². The number of ether oxygens (including phenoxy) is 1. The van der Waals surface area contributed by atoms with Gasteiger partial charge >= 0.3 is 0 Å². The maximum absolute atomic E-state index is 11.4. The summed E-state index contributed by atoms with van der Waals surface area (Å²) >= 11 is 0. The Morgan fingerprint density at radius 1 is 1.06 bits per heavy atom. The predicted octanol–water partition coefficient (Wildman–Crippen LogP) is 7.71. The maximum atomic E-state index is 11.4. The predicted molar refractivity (Wildman–Crippen MR) is 149 cm³/mol. The summed E-state index contributed by atoms with van der Waals surface area (Å²) in [6, 6.07) is 0. The Balaban J connectivity index is 0.00000148. The van der Waals surface area contributed by atoms with E-state index in [0.717, 1.165) is 36.2 Å². The largest absolute Gasteiger partial charge is 0.391 e.